The number of piperidine rings is 1. The summed E-state index contributed by atoms with van der Waals surface area (Å²) < 4.78 is 24.2. The van der Waals surface area contributed by atoms with Crippen molar-refractivity contribution in [2.45, 2.75) is 67.5 Å². The maximum atomic E-state index is 13.5. The first kappa shape index (κ1) is 29.2. The smallest absolute Gasteiger partial charge is 0.211 e. The zero-order valence-electron chi connectivity index (χ0n) is 24.5. The molecule has 1 saturated heterocycles. The summed E-state index contributed by atoms with van der Waals surface area (Å²) in [5, 5.41) is 0.424. The van der Waals surface area contributed by atoms with Crippen molar-refractivity contribution >= 4 is 51.8 Å². The third-order valence-corrected chi connectivity index (χ3v) is 11.7. The molecule has 4 heterocycles. The normalized spacial score (nSPS) is 21.2. The number of aromatic nitrogens is 4. The van der Waals surface area contributed by atoms with E-state index >= 15 is 0 Å². The van der Waals surface area contributed by atoms with E-state index in [1.165, 1.54) is 22.9 Å². The summed E-state index contributed by atoms with van der Waals surface area (Å²) in [5.41, 5.74) is 10.2. The van der Waals surface area contributed by atoms with Crippen molar-refractivity contribution in [1.29, 1.82) is 0 Å². The summed E-state index contributed by atoms with van der Waals surface area (Å²) in [6.45, 7) is 9.52. The maximum Gasteiger partial charge on any atom is 0.211 e. The predicted octanol–water partition coefficient (Wildman–Crippen LogP) is 5.24. The second-order valence-corrected chi connectivity index (χ2v) is 15.6. The number of pyridine rings is 1. The van der Waals surface area contributed by atoms with E-state index in [-0.39, 0.29) is 16.2 Å². The lowest BCUT2D eigenvalue weighted by Gasteiger charge is -2.47. The van der Waals surface area contributed by atoms with Crippen molar-refractivity contribution in [3.8, 4) is 5.75 Å². The Kier molecular flexibility index (Phi) is 7.66. The van der Waals surface area contributed by atoms with E-state index in [9.17, 15) is 4.21 Å². The highest BCUT2D eigenvalue weighted by atomic mass is 35.5. The lowest BCUT2D eigenvalue weighted by molar-refractivity contribution is 0.181. The van der Waals surface area contributed by atoms with Gasteiger partial charge in [0.25, 0.3) is 0 Å². The highest BCUT2D eigenvalue weighted by molar-refractivity contribution is 7.99. The van der Waals surface area contributed by atoms with Gasteiger partial charge in [-0.1, -0.05) is 29.4 Å². The van der Waals surface area contributed by atoms with Gasteiger partial charge in [0, 0.05) is 42.6 Å². The molecule has 0 radical (unpaired) electrons. The largest absolute Gasteiger partial charge is 0.497 e. The molecule has 4 aromatic rings. The van der Waals surface area contributed by atoms with E-state index in [1.54, 1.807) is 19.5 Å². The minimum atomic E-state index is -1.23. The topological polar surface area (TPSA) is 111 Å². The van der Waals surface area contributed by atoms with E-state index in [4.69, 9.17) is 32.0 Å². The van der Waals surface area contributed by atoms with Gasteiger partial charge in [-0.25, -0.2) is 23.9 Å². The molecule has 1 aliphatic heterocycles. The fraction of sp³-hybridized carbons (Fsp3) is 0.433. The van der Waals surface area contributed by atoms with Crippen molar-refractivity contribution in [2.24, 2.45) is 5.41 Å². The summed E-state index contributed by atoms with van der Waals surface area (Å²) >= 11 is 7.96. The molecule has 1 spiro atoms. The summed E-state index contributed by atoms with van der Waals surface area (Å²) in [4.78, 5) is 17.9. The number of methoxy groups -OCH3 is 1. The highest BCUT2D eigenvalue weighted by Gasteiger charge is 2.48. The van der Waals surface area contributed by atoms with Crippen LogP contribution in [0.25, 0.3) is 5.65 Å². The molecule has 12 heteroatoms. The van der Waals surface area contributed by atoms with Crippen LogP contribution in [0.15, 0.2) is 52.6 Å². The summed E-state index contributed by atoms with van der Waals surface area (Å²) in [6, 6.07) is 8.22. The van der Waals surface area contributed by atoms with Crippen molar-refractivity contribution < 1.29 is 8.95 Å². The molecule has 1 aromatic carbocycles. The molecule has 1 fully saturated rings. The number of hydrogen-bond donors (Lipinski definition) is 2. The Morgan fingerprint density at radius 3 is 2.74 bits per heavy atom. The molecule has 0 amide bonds. The Bertz CT molecular complexity index is 1690. The maximum absolute atomic E-state index is 13.5. The number of fused-ring (bicyclic) bond motifs is 2. The van der Waals surface area contributed by atoms with Crippen LogP contribution in [-0.4, -0.2) is 54.5 Å². The standard InChI is InChI=1S/C30H36ClN7O2S2/c1-18-25(41-22-8-10-33-26(32)24(22)31)27-34-11-13-38(27)28(35-18)37-12-9-30(23(17-37)36-42(39)29(2,3)4)15-19-6-7-21(40-5)14-20(19)16-30/h6-8,10-11,13-14,23,36H,9,12,15-17H2,1-5H3,(H2,32,33). The molecule has 1 aliphatic carbocycles. The van der Waals surface area contributed by atoms with E-state index in [0.29, 0.717) is 17.4 Å². The number of rotatable bonds is 6. The van der Waals surface area contributed by atoms with E-state index in [2.05, 4.69) is 26.7 Å². The number of imidazole rings is 1. The van der Waals surface area contributed by atoms with Crippen LogP contribution in [-0.2, 0) is 23.8 Å². The zero-order valence-corrected chi connectivity index (χ0v) is 26.9. The molecule has 6 rings (SSSR count). The second-order valence-electron chi connectivity index (χ2n) is 12.2. The van der Waals surface area contributed by atoms with Crippen molar-refractivity contribution in [3.05, 3.63) is 64.7 Å². The van der Waals surface area contributed by atoms with Crippen LogP contribution >= 0.6 is 23.4 Å². The number of anilines is 2. The molecule has 3 unspecified atom stereocenters. The number of nitrogens with zero attached hydrogens (tertiary/aromatic N) is 5. The average Bonchev–Trinajstić information content (AvgIpc) is 3.58. The van der Waals surface area contributed by atoms with Crippen LogP contribution in [0.5, 0.6) is 5.75 Å². The lowest BCUT2D eigenvalue weighted by atomic mass is 9.72. The molecule has 2 aliphatic rings. The Balaban J connectivity index is 1.34. The second kappa shape index (κ2) is 11.0. The first-order valence-corrected chi connectivity index (χ1v) is 16.3. The highest BCUT2D eigenvalue weighted by Crippen LogP contribution is 2.47. The predicted molar refractivity (Wildman–Crippen MR) is 170 cm³/mol. The molecule has 3 atom stereocenters. The number of ether oxygens (including phenoxy) is 1. The van der Waals surface area contributed by atoms with Gasteiger partial charge in [0.15, 0.2) is 5.65 Å². The van der Waals surface area contributed by atoms with Gasteiger partial charge in [0.2, 0.25) is 5.95 Å². The summed E-state index contributed by atoms with van der Waals surface area (Å²) in [7, 11) is 0.481. The number of nitrogens with two attached hydrogens (primary N) is 1. The van der Waals surface area contributed by atoms with E-state index in [1.807, 2.05) is 50.4 Å². The van der Waals surface area contributed by atoms with Crippen LogP contribution in [0.3, 0.4) is 0 Å². The number of nitrogens with one attached hydrogen (secondary N) is 1. The number of hydrogen-bond acceptors (Lipinski definition) is 8. The minimum Gasteiger partial charge on any atom is -0.497 e. The molecule has 42 heavy (non-hydrogen) atoms. The van der Waals surface area contributed by atoms with Crippen LogP contribution in [0.2, 0.25) is 5.02 Å². The Morgan fingerprint density at radius 2 is 1.98 bits per heavy atom. The monoisotopic (exact) mass is 625 g/mol. The summed E-state index contributed by atoms with van der Waals surface area (Å²) in [6.07, 6.45) is 8.19. The molecule has 0 saturated carbocycles. The van der Waals surface area contributed by atoms with Crippen LogP contribution in [0.4, 0.5) is 11.8 Å². The summed E-state index contributed by atoms with van der Waals surface area (Å²) in [5.74, 6) is 2.00. The van der Waals surface area contributed by atoms with Gasteiger partial charge in [-0.3, -0.25) is 4.40 Å². The molecular formula is C30H36ClN7O2S2. The van der Waals surface area contributed by atoms with Crippen LogP contribution in [0, 0.1) is 12.3 Å². The van der Waals surface area contributed by atoms with Crippen molar-refractivity contribution in [2.75, 3.05) is 30.8 Å². The average molecular weight is 626 g/mol. The zero-order chi connectivity index (χ0) is 29.8. The van der Waals surface area contributed by atoms with E-state index in [0.717, 1.165) is 58.6 Å². The Labute approximate surface area is 258 Å². The third-order valence-electron chi connectivity index (χ3n) is 8.36. The van der Waals surface area contributed by atoms with Gasteiger partial charge in [-0.15, -0.1) is 0 Å². The van der Waals surface area contributed by atoms with Gasteiger partial charge < -0.3 is 15.4 Å². The third kappa shape index (κ3) is 5.25. The number of nitrogen functional groups attached to an aromatic ring is 1. The first-order chi connectivity index (χ1) is 20.0. The van der Waals surface area contributed by atoms with Crippen LogP contribution in [0.1, 0.15) is 44.0 Å². The van der Waals surface area contributed by atoms with Crippen molar-refractivity contribution in [1.82, 2.24) is 24.1 Å². The van der Waals surface area contributed by atoms with Crippen LogP contribution < -0.4 is 20.1 Å². The van der Waals surface area contributed by atoms with Gasteiger partial charge >= 0.3 is 0 Å². The van der Waals surface area contributed by atoms with Gasteiger partial charge in [0.05, 0.1) is 38.5 Å². The Hall–Kier alpha value is -2.86. The van der Waals surface area contributed by atoms with Gasteiger partial charge in [-0.2, -0.15) is 0 Å². The fourth-order valence-corrected chi connectivity index (χ4v) is 8.16. The number of halogens is 1. The van der Waals surface area contributed by atoms with E-state index < -0.39 is 11.0 Å². The fourth-order valence-electron chi connectivity index (χ4n) is 6.02. The SMILES string of the molecule is COc1ccc2c(c1)CC1(CCN(c3nc(C)c(Sc4ccnc(N)c4Cl)c4nccn34)CC1NS(=O)C(C)(C)C)C2. The van der Waals surface area contributed by atoms with Crippen molar-refractivity contribution in [3.63, 3.8) is 0 Å². The van der Waals surface area contributed by atoms with Gasteiger partial charge in [0.1, 0.15) is 11.6 Å². The molecule has 3 N–H and O–H groups in total. The first-order valence-electron chi connectivity index (χ1n) is 14.0. The number of benzene rings is 1. The molecule has 0 bridgehead atoms. The van der Waals surface area contributed by atoms with Gasteiger partial charge in [-0.05, 0) is 81.7 Å². The molecule has 3 aromatic heterocycles. The molecule has 222 valence electrons. The molecule has 9 nitrogen and oxygen atoms in total. The quantitative estimate of drug-likeness (QED) is 0.299. The molecular weight excluding hydrogens is 590 g/mol. The Morgan fingerprint density at radius 1 is 1.19 bits per heavy atom. The minimum absolute atomic E-state index is 0.0157. The lowest BCUT2D eigenvalue weighted by Crippen LogP contribution is -2.60. The number of aryl methyl sites for hydroxylation is 1.